The lowest BCUT2D eigenvalue weighted by Crippen LogP contribution is -2.20. The second kappa shape index (κ2) is 11.3. The number of nitrogens with one attached hydrogen (secondary N) is 1. The van der Waals surface area contributed by atoms with Crippen LogP contribution >= 0.6 is 31.9 Å². The van der Waals surface area contributed by atoms with E-state index in [-0.39, 0.29) is 12.5 Å². The number of halogens is 2. The highest BCUT2D eigenvalue weighted by molar-refractivity contribution is 9.11. The highest BCUT2D eigenvalue weighted by Crippen LogP contribution is 2.32. The minimum atomic E-state index is -0.211. The molecule has 0 heterocycles. The number of rotatable bonds is 10. The molecule has 0 aliphatic rings. The minimum absolute atomic E-state index is 0.0588. The van der Waals surface area contributed by atoms with E-state index in [2.05, 4.69) is 44.1 Å². The molecule has 0 bridgehead atoms. The standard InChI is InChI=1S/C21H25Br2NO3/c1-3-4-5-6-11-26-18-9-7-17(8-10-18)24-20(25)14-27-21-15(2)12-16(22)13-19(21)23/h7-10,12-13H,3-6,11,14H2,1-2H3,(H,24,25). The first kappa shape index (κ1) is 21.8. The largest absolute Gasteiger partial charge is 0.494 e. The second-order valence-electron chi connectivity index (χ2n) is 6.30. The summed E-state index contributed by atoms with van der Waals surface area (Å²) < 4.78 is 13.1. The van der Waals surface area contributed by atoms with E-state index < -0.39 is 0 Å². The molecule has 0 atom stereocenters. The molecule has 2 aromatic rings. The number of aryl methyl sites for hydroxylation is 1. The van der Waals surface area contributed by atoms with Gasteiger partial charge in [0.25, 0.3) is 5.91 Å². The molecule has 4 nitrogen and oxygen atoms in total. The average molecular weight is 499 g/mol. The van der Waals surface area contributed by atoms with Gasteiger partial charge in [-0.3, -0.25) is 4.79 Å². The lowest BCUT2D eigenvalue weighted by Gasteiger charge is -2.12. The first-order valence-electron chi connectivity index (χ1n) is 9.10. The molecule has 0 aliphatic carbocycles. The van der Waals surface area contributed by atoms with Crippen LogP contribution in [0.1, 0.15) is 38.2 Å². The van der Waals surface area contributed by atoms with E-state index in [1.54, 1.807) is 0 Å². The molecule has 0 aromatic heterocycles. The predicted molar refractivity (Wildman–Crippen MR) is 117 cm³/mol. The second-order valence-corrected chi connectivity index (χ2v) is 8.07. The molecule has 0 saturated heterocycles. The fourth-order valence-electron chi connectivity index (χ4n) is 2.56. The van der Waals surface area contributed by atoms with Gasteiger partial charge in [-0.2, -0.15) is 0 Å². The number of ether oxygens (including phenoxy) is 2. The fraction of sp³-hybridized carbons (Fsp3) is 0.381. The molecule has 0 saturated carbocycles. The SMILES string of the molecule is CCCCCCOc1ccc(NC(=O)COc2c(C)cc(Br)cc2Br)cc1. The van der Waals surface area contributed by atoms with Crippen molar-refractivity contribution in [2.75, 3.05) is 18.5 Å². The number of carbonyl (C=O) groups is 1. The van der Waals surface area contributed by atoms with E-state index in [0.717, 1.165) is 33.3 Å². The predicted octanol–water partition coefficient (Wildman–Crippen LogP) is 6.50. The first-order chi connectivity index (χ1) is 13.0. The number of hydrogen-bond donors (Lipinski definition) is 1. The van der Waals surface area contributed by atoms with E-state index in [0.29, 0.717) is 11.4 Å². The van der Waals surface area contributed by atoms with Crippen LogP contribution in [0.25, 0.3) is 0 Å². The van der Waals surface area contributed by atoms with Crippen molar-refractivity contribution in [3.05, 3.63) is 50.9 Å². The van der Waals surface area contributed by atoms with Crippen LogP contribution in [0.2, 0.25) is 0 Å². The Balaban J connectivity index is 1.79. The van der Waals surface area contributed by atoms with Crippen LogP contribution in [0.5, 0.6) is 11.5 Å². The van der Waals surface area contributed by atoms with Crippen molar-refractivity contribution in [1.29, 1.82) is 0 Å². The van der Waals surface area contributed by atoms with Crippen LogP contribution in [0.4, 0.5) is 5.69 Å². The lowest BCUT2D eigenvalue weighted by atomic mass is 10.2. The fourth-order valence-corrected chi connectivity index (χ4v) is 4.11. The summed E-state index contributed by atoms with van der Waals surface area (Å²) in [6.45, 7) is 4.79. The van der Waals surface area contributed by atoms with Gasteiger partial charge in [0.2, 0.25) is 0 Å². The maximum absolute atomic E-state index is 12.1. The number of anilines is 1. The van der Waals surface area contributed by atoms with E-state index >= 15 is 0 Å². The van der Waals surface area contributed by atoms with Gasteiger partial charge in [0.1, 0.15) is 11.5 Å². The molecule has 0 fully saturated rings. The number of unbranched alkanes of at least 4 members (excludes halogenated alkanes) is 3. The average Bonchev–Trinajstić information content (AvgIpc) is 2.62. The third-order valence-corrected chi connectivity index (χ3v) is 4.99. The van der Waals surface area contributed by atoms with E-state index in [4.69, 9.17) is 9.47 Å². The molecule has 27 heavy (non-hydrogen) atoms. The smallest absolute Gasteiger partial charge is 0.262 e. The summed E-state index contributed by atoms with van der Waals surface area (Å²) in [4.78, 5) is 12.1. The van der Waals surface area contributed by atoms with E-state index in [1.807, 2.05) is 43.3 Å². The van der Waals surface area contributed by atoms with Crippen LogP contribution in [-0.4, -0.2) is 19.1 Å². The molecule has 1 N–H and O–H groups in total. The number of benzene rings is 2. The summed E-state index contributed by atoms with van der Waals surface area (Å²) in [5, 5.41) is 2.83. The van der Waals surface area contributed by atoms with Crippen LogP contribution in [0, 0.1) is 6.92 Å². The Hall–Kier alpha value is -1.53. The normalized spacial score (nSPS) is 10.5. The van der Waals surface area contributed by atoms with Crippen LogP contribution in [0.15, 0.2) is 45.3 Å². The van der Waals surface area contributed by atoms with Gasteiger partial charge in [0, 0.05) is 10.2 Å². The van der Waals surface area contributed by atoms with Gasteiger partial charge >= 0.3 is 0 Å². The Morgan fingerprint density at radius 3 is 2.44 bits per heavy atom. The monoisotopic (exact) mass is 497 g/mol. The summed E-state index contributed by atoms with van der Waals surface area (Å²) in [6.07, 6.45) is 4.72. The zero-order valence-electron chi connectivity index (χ0n) is 15.7. The highest BCUT2D eigenvalue weighted by atomic mass is 79.9. The van der Waals surface area contributed by atoms with Crippen LogP contribution in [-0.2, 0) is 4.79 Å². The molecule has 0 aliphatic heterocycles. The highest BCUT2D eigenvalue weighted by Gasteiger charge is 2.10. The van der Waals surface area contributed by atoms with Crippen molar-refractivity contribution in [2.45, 2.75) is 39.5 Å². The van der Waals surface area contributed by atoms with Crippen molar-refractivity contribution in [3.63, 3.8) is 0 Å². The minimum Gasteiger partial charge on any atom is -0.494 e. The molecule has 146 valence electrons. The third-order valence-electron chi connectivity index (χ3n) is 3.95. The zero-order chi connectivity index (χ0) is 19.6. The van der Waals surface area contributed by atoms with Crippen molar-refractivity contribution >= 4 is 43.5 Å². The molecule has 0 radical (unpaired) electrons. The summed E-state index contributed by atoms with van der Waals surface area (Å²) in [5.74, 6) is 1.27. The molecule has 0 spiro atoms. The molecule has 6 heteroatoms. The van der Waals surface area contributed by atoms with Crippen molar-refractivity contribution in [3.8, 4) is 11.5 Å². The van der Waals surface area contributed by atoms with Crippen molar-refractivity contribution in [1.82, 2.24) is 0 Å². The molecule has 0 unspecified atom stereocenters. The molecular weight excluding hydrogens is 474 g/mol. The molecule has 1 amide bonds. The van der Waals surface area contributed by atoms with E-state index in [1.165, 1.54) is 19.3 Å². The Kier molecular flexibility index (Phi) is 9.15. The number of carbonyl (C=O) groups excluding carboxylic acids is 1. The van der Waals surface area contributed by atoms with Crippen molar-refractivity contribution < 1.29 is 14.3 Å². The summed E-state index contributed by atoms with van der Waals surface area (Å²) >= 11 is 6.89. The zero-order valence-corrected chi connectivity index (χ0v) is 18.9. The Bertz CT molecular complexity index is 725. The van der Waals surface area contributed by atoms with Gasteiger partial charge in [-0.05, 0) is 71.2 Å². The van der Waals surface area contributed by atoms with Gasteiger partial charge in [0.15, 0.2) is 6.61 Å². The van der Waals surface area contributed by atoms with Gasteiger partial charge in [-0.1, -0.05) is 42.1 Å². The quantitative estimate of drug-likeness (QED) is 0.380. The topological polar surface area (TPSA) is 47.6 Å². The molecular formula is C21H25Br2NO3. The van der Waals surface area contributed by atoms with E-state index in [9.17, 15) is 4.79 Å². The van der Waals surface area contributed by atoms with Gasteiger partial charge in [-0.15, -0.1) is 0 Å². The summed E-state index contributed by atoms with van der Waals surface area (Å²) in [5.41, 5.74) is 1.66. The lowest BCUT2D eigenvalue weighted by molar-refractivity contribution is -0.118. The van der Waals surface area contributed by atoms with Crippen molar-refractivity contribution in [2.24, 2.45) is 0 Å². The van der Waals surface area contributed by atoms with Crippen LogP contribution in [0.3, 0.4) is 0 Å². The molecule has 2 rings (SSSR count). The summed E-state index contributed by atoms with van der Waals surface area (Å²) in [7, 11) is 0. The van der Waals surface area contributed by atoms with Crippen LogP contribution < -0.4 is 14.8 Å². The Labute approximate surface area is 177 Å². The van der Waals surface area contributed by atoms with Gasteiger partial charge in [0.05, 0.1) is 11.1 Å². The maximum Gasteiger partial charge on any atom is 0.262 e. The Morgan fingerprint density at radius 1 is 1.04 bits per heavy atom. The van der Waals surface area contributed by atoms with Gasteiger partial charge in [-0.25, -0.2) is 0 Å². The number of amides is 1. The Morgan fingerprint density at radius 2 is 1.78 bits per heavy atom. The maximum atomic E-state index is 12.1. The van der Waals surface area contributed by atoms with Gasteiger partial charge < -0.3 is 14.8 Å². The number of hydrogen-bond acceptors (Lipinski definition) is 3. The third kappa shape index (κ3) is 7.54. The molecule has 2 aromatic carbocycles. The summed E-state index contributed by atoms with van der Waals surface area (Å²) in [6, 6.07) is 11.2. The first-order valence-corrected chi connectivity index (χ1v) is 10.7.